The lowest BCUT2D eigenvalue weighted by Gasteiger charge is -2.28. The number of rotatable bonds is 8. The minimum atomic E-state index is -0.800. The molecule has 7 nitrogen and oxygen atoms in total. The number of aromatic hydroxyl groups is 1. The number of ether oxygens (including phenoxy) is 1. The van der Waals surface area contributed by atoms with Crippen molar-refractivity contribution in [1.82, 2.24) is 4.90 Å². The maximum Gasteiger partial charge on any atom is 0.206 e. The van der Waals surface area contributed by atoms with E-state index in [9.17, 15) is 15.0 Å². The molecule has 4 rings (SSSR count). The van der Waals surface area contributed by atoms with Gasteiger partial charge >= 0.3 is 0 Å². The molecule has 4 aromatic rings. The molecule has 0 amide bonds. The number of phenols is 1. The lowest BCUT2D eigenvalue weighted by Crippen LogP contribution is -2.39. The Bertz CT molecular complexity index is 1270. The summed E-state index contributed by atoms with van der Waals surface area (Å²) < 4.78 is 17.2. The van der Waals surface area contributed by atoms with Gasteiger partial charge in [0.25, 0.3) is 0 Å². The summed E-state index contributed by atoms with van der Waals surface area (Å²) in [7, 11) is 0. The average molecular weight is 437 g/mol. The molecule has 0 saturated carbocycles. The van der Waals surface area contributed by atoms with Crippen LogP contribution in [0.4, 0.5) is 0 Å². The van der Waals surface area contributed by atoms with E-state index in [0.29, 0.717) is 24.2 Å². The molecule has 2 aromatic heterocycles. The van der Waals surface area contributed by atoms with Gasteiger partial charge in [-0.15, -0.1) is 0 Å². The van der Waals surface area contributed by atoms with E-state index in [1.807, 2.05) is 18.2 Å². The number of hydrogen-bond acceptors (Lipinski definition) is 7. The van der Waals surface area contributed by atoms with Gasteiger partial charge in [0.15, 0.2) is 16.6 Å². The van der Waals surface area contributed by atoms with Crippen molar-refractivity contribution in [3.8, 4) is 11.5 Å². The summed E-state index contributed by atoms with van der Waals surface area (Å²) in [5.74, 6) is 0.539. The zero-order valence-corrected chi connectivity index (χ0v) is 18.4. The van der Waals surface area contributed by atoms with Crippen LogP contribution in [0.2, 0.25) is 0 Å². The third-order valence-corrected chi connectivity index (χ3v) is 5.46. The Balaban J connectivity index is 1.58. The molecule has 7 heteroatoms. The first-order valence-corrected chi connectivity index (χ1v) is 10.6. The van der Waals surface area contributed by atoms with Crippen LogP contribution in [-0.2, 0) is 6.54 Å². The predicted octanol–water partition coefficient (Wildman–Crippen LogP) is 4.20. The van der Waals surface area contributed by atoms with E-state index in [0.717, 1.165) is 5.56 Å². The molecule has 0 saturated heterocycles. The van der Waals surface area contributed by atoms with Crippen LogP contribution in [0.5, 0.6) is 11.5 Å². The number of phenolic OH excluding ortho intramolecular Hbond substituents is 1. The minimum absolute atomic E-state index is 0.0261. The van der Waals surface area contributed by atoms with Crippen molar-refractivity contribution in [3.63, 3.8) is 0 Å². The second-order valence-corrected chi connectivity index (χ2v) is 8.24. The Morgan fingerprint density at radius 1 is 1.12 bits per heavy atom. The highest BCUT2D eigenvalue weighted by Crippen LogP contribution is 2.42. The molecule has 32 heavy (non-hydrogen) atoms. The van der Waals surface area contributed by atoms with Crippen LogP contribution in [0, 0.1) is 6.92 Å². The Morgan fingerprint density at radius 3 is 2.59 bits per heavy atom. The summed E-state index contributed by atoms with van der Waals surface area (Å²) in [5.41, 5.74) is 1.14. The first kappa shape index (κ1) is 21.9. The van der Waals surface area contributed by atoms with E-state index in [1.54, 1.807) is 13.0 Å². The fourth-order valence-corrected chi connectivity index (χ4v) is 3.82. The monoisotopic (exact) mass is 437 g/mol. The third-order valence-electron chi connectivity index (χ3n) is 5.46. The van der Waals surface area contributed by atoms with Gasteiger partial charge in [-0.05, 0) is 32.4 Å². The maximum absolute atomic E-state index is 12.4. The van der Waals surface area contributed by atoms with Crippen LogP contribution < -0.4 is 10.2 Å². The first-order valence-electron chi connectivity index (χ1n) is 10.6. The van der Waals surface area contributed by atoms with Gasteiger partial charge in [-0.3, -0.25) is 9.69 Å². The topological polar surface area (TPSA) is 96.3 Å². The number of aliphatic hydroxyl groups is 1. The van der Waals surface area contributed by atoms with E-state index in [2.05, 4.69) is 30.9 Å². The van der Waals surface area contributed by atoms with Gasteiger partial charge < -0.3 is 23.8 Å². The summed E-state index contributed by atoms with van der Waals surface area (Å²) in [4.78, 5) is 14.5. The van der Waals surface area contributed by atoms with E-state index >= 15 is 0 Å². The number of hydrogen-bond donors (Lipinski definition) is 2. The zero-order valence-electron chi connectivity index (χ0n) is 18.4. The second-order valence-electron chi connectivity index (χ2n) is 8.24. The molecule has 168 valence electrons. The molecule has 0 aliphatic heterocycles. The van der Waals surface area contributed by atoms with Crippen LogP contribution in [0.15, 0.2) is 62.4 Å². The number of fused-ring (bicyclic) bond motifs is 2. The predicted molar refractivity (Wildman–Crippen MR) is 122 cm³/mol. The van der Waals surface area contributed by atoms with Crippen molar-refractivity contribution in [1.29, 1.82) is 0 Å². The highest BCUT2D eigenvalue weighted by Gasteiger charge is 2.23. The fraction of sp³-hybridized carbons (Fsp3) is 0.320. The van der Waals surface area contributed by atoms with Gasteiger partial charge in [0, 0.05) is 25.2 Å². The van der Waals surface area contributed by atoms with Gasteiger partial charge in [-0.1, -0.05) is 30.3 Å². The van der Waals surface area contributed by atoms with Crippen molar-refractivity contribution >= 4 is 21.9 Å². The normalized spacial score (nSPS) is 12.8. The largest absolute Gasteiger partial charge is 0.506 e. The third kappa shape index (κ3) is 4.35. The summed E-state index contributed by atoms with van der Waals surface area (Å²) in [6.45, 7) is 6.95. The van der Waals surface area contributed by atoms with E-state index in [-0.39, 0.29) is 46.1 Å². The lowest BCUT2D eigenvalue weighted by molar-refractivity contribution is 0.0546. The van der Waals surface area contributed by atoms with E-state index in [1.165, 1.54) is 12.3 Å². The molecule has 0 bridgehead atoms. The van der Waals surface area contributed by atoms with Crippen LogP contribution >= 0.6 is 0 Å². The van der Waals surface area contributed by atoms with Crippen molar-refractivity contribution in [2.45, 2.75) is 39.5 Å². The molecule has 2 N–H and O–H groups in total. The van der Waals surface area contributed by atoms with Crippen LogP contribution in [0.25, 0.3) is 21.9 Å². The maximum atomic E-state index is 12.4. The highest BCUT2D eigenvalue weighted by molar-refractivity contribution is 6.06. The summed E-state index contributed by atoms with van der Waals surface area (Å²) in [6, 6.07) is 13.2. The Morgan fingerprint density at radius 2 is 1.88 bits per heavy atom. The van der Waals surface area contributed by atoms with Crippen molar-refractivity contribution in [3.05, 3.63) is 70.3 Å². The number of benzene rings is 2. The Labute approximate surface area is 185 Å². The Kier molecular flexibility index (Phi) is 6.21. The quantitative estimate of drug-likeness (QED) is 0.426. The number of furan rings is 1. The van der Waals surface area contributed by atoms with E-state index < -0.39 is 6.10 Å². The molecular weight excluding hydrogens is 410 g/mol. The van der Waals surface area contributed by atoms with Crippen LogP contribution in [0.3, 0.4) is 0 Å². The SMILES string of the molecule is Cc1cc2c(O)c3c(=O)ccoc3c(OCC(O)CN(Cc3ccccc3)C(C)C)c2o1. The van der Waals surface area contributed by atoms with Crippen molar-refractivity contribution in [2.24, 2.45) is 0 Å². The van der Waals surface area contributed by atoms with Crippen LogP contribution in [0.1, 0.15) is 25.2 Å². The first-order chi connectivity index (χ1) is 15.3. The standard InChI is InChI=1S/C25H27NO6/c1-15(2)26(12-17-7-5-4-6-8-17)13-18(27)14-31-25-23-19(11-16(3)32-23)22(29)21-20(28)9-10-30-24(21)25/h4-11,15,18,27,29H,12-14H2,1-3H3. The molecule has 0 spiro atoms. The second kappa shape index (κ2) is 9.06. The number of nitrogens with zero attached hydrogens (tertiary/aromatic N) is 1. The van der Waals surface area contributed by atoms with Gasteiger partial charge in [0.05, 0.1) is 11.6 Å². The Hall–Kier alpha value is -3.29. The van der Waals surface area contributed by atoms with Gasteiger partial charge in [0.1, 0.15) is 29.6 Å². The zero-order chi connectivity index (χ0) is 22.8. The van der Waals surface area contributed by atoms with Gasteiger partial charge in [0.2, 0.25) is 5.75 Å². The van der Waals surface area contributed by atoms with Gasteiger partial charge in [-0.2, -0.15) is 0 Å². The molecule has 2 aromatic carbocycles. The van der Waals surface area contributed by atoms with Crippen molar-refractivity contribution in [2.75, 3.05) is 13.2 Å². The van der Waals surface area contributed by atoms with Gasteiger partial charge in [-0.25, -0.2) is 0 Å². The average Bonchev–Trinajstić information content (AvgIpc) is 3.15. The summed E-state index contributed by atoms with van der Waals surface area (Å²) in [5, 5.41) is 21.7. The molecule has 0 radical (unpaired) electrons. The highest BCUT2D eigenvalue weighted by atomic mass is 16.5. The molecule has 0 aliphatic rings. The van der Waals surface area contributed by atoms with Crippen LogP contribution in [-0.4, -0.2) is 40.4 Å². The molecule has 0 aliphatic carbocycles. The van der Waals surface area contributed by atoms with E-state index in [4.69, 9.17) is 13.6 Å². The smallest absolute Gasteiger partial charge is 0.206 e. The number of aryl methyl sites for hydroxylation is 1. The summed E-state index contributed by atoms with van der Waals surface area (Å²) in [6.07, 6.45) is 0.446. The fourth-order valence-electron chi connectivity index (χ4n) is 3.82. The molecule has 0 fully saturated rings. The van der Waals surface area contributed by atoms with Crippen molar-refractivity contribution < 1.29 is 23.8 Å². The molecule has 2 heterocycles. The summed E-state index contributed by atoms with van der Waals surface area (Å²) >= 11 is 0. The molecule has 1 unspecified atom stereocenters. The molecular formula is C25H27NO6. The lowest BCUT2D eigenvalue weighted by atomic mass is 10.1. The number of aliphatic hydroxyl groups excluding tert-OH is 1. The minimum Gasteiger partial charge on any atom is -0.506 e. The molecule has 1 atom stereocenters.